The lowest BCUT2D eigenvalue weighted by Gasteiger charge is -2.35. The van der Waals surface area contributed by atoms with E-state index in [0.29, 0.717) is 5.56 Å². The predicted molar refractivity (Wildman–Crippen MR) is 119 cm³/mol. The number of hydrogen-bond acceptors (Lipinski definition) is 4. The molecule has 31 heavy (non-hydrogen) atoms. The Balaban J connectivity index is 1.53. The fourth-order valence-corrected chi connectivity index (χ4v) is 3.73. The van der Waals surface area contributed by atoms with Crippen molar-refractivity contribution < 1.29 is 18.7 Å². The molecule has 1 heterocycles. The minimum absolute atomic E-state index is 0.0611. The third-order valence-electron chi connectivity index (χ3n) is 5.62. The third-order valence-corrected chi connectivity index (χ3v) is 5.62. The van der Waals surface area contributed by atoms with Crippen LogP contribution < -0.4 is 20.3 Å². The highest BCUT2D eigenvalue weighted by atomic mass is 19.1. The maximum absolute atomic E-state index is 13.1. The molecule has 0 aliphatic carbocycles. The lowest BCUT2D eigenvalue weighted by Crippen LogP contribution is -2.54. The fourth-order valence-electron chi connectivity index (χ4n) is 3.73. The molecule has 1 atom stereocenters. The van der Waals surface area contributed by atoms with Crippen LogP contribution in [0.1, 0.15) is 37.0 Å². The van der Waals surface area contributed by atoms with Crippen LogP contribution in [0.3, 0.4) is 0 Å². The number of rotatable bonds is 7. The molecule has 2 aromatic rings. The van der Waals surface area contributed by atoms with Crippen molar-refractivity contribution in [3.05, 3.63) is 59.9 Å². The second-order valence-corrected chi connectivity index (χ2v) is 8.17. The number of anilines is 1. The summed E-state index contributed by atoms with van der Waals surface area (Å²) in [4.78, 5) is 27.7. The summed E-state index contributed by atoms with van der Waals surface area (Å²) in [7, 11) is 1.65. The first-order valence-electron chi connectivity index (χ1n) is 10.6. The number of carbonyl (C=O) groups is 2. The number of nitrogens with one attached hydrogen (secondary N) is 2. The van der Waals surface area contributed by atoms with Crippen LogP contribution in [0.2, 0.25) is 0 Å². The van der Waals surface area contributed by atoms with Crippen LogP contribution in [0.25, 0.3) is 0 Å². The Kier molecular flexibility index (Phi) is 7.50. The molecule has 2 aromatic carbocycles. The van der Waals surface area contributed by atoms with Gasteiger partial charge in [0.05, 0.1) is 7.11 Å². The Hall–Kier alpha value is -3.09. The molecule has 0 radical (unpaired) electrons. The Morgan fingerprint density at radius 3 is 2.19 bits per heavy atom. The predicted octanol–water partition coefficient (Wildman–Crippen LogP) is 3.37. The van der Waals surface area contributed by atoms with Crippen LogP contribution in [0, 0.1) is 11.7 Å². The summed E-state index contributed by atoms with van der Waals surface area (Å²) >= 11 is 0. The molecule has 0 aromatic heterocycles. The lowest BCUT2D eigenvalue weighted by atomic mass is 10.00. The monoisotopic (exact) mass is 427 g/mol. The number of benzene rings is 2. The first-order chi connectivity index (χ1) is 14.9. The van der Waals surface area contributed by atoms with Crippen molar-refractivity contribution in [1.29, 1.82) is 0 Å². The van der Waals surface area contributed by atoms with E-state index in [2.05, 4.69) is 15.5 Å². The van der Waals surface area contributed by atoms with Crippen molar-refractivity contribution >= 4 is 17.5 Å². The summed E-state index contributed by atoms with van der Waals surface area (Å²) < 4.78 is 18.3. The maximum Gasteiger partial charge on any atom is 0.251 e. The normalized spacial score (nSPS) is 15.5. The highest BCUT2D eigenvalue weighted by Crippen LogP contribution is 2.23. The maximum atomic E-state index is 13.1. The van der Waals surface area contributed by atoms with Crippen molar-refractivity contribution in [2.75, 3.05) is 25.1 Å². The van der Waals surface area contributed by atoms with E-state index in [4.69, 9.17) is 4.74 Å². The Bertz CT molecular complexity index is 876. The second kappa shape index (κ2) is 10.3. The average Bonchev–Trinajstić information content (AvgIpc) is 2.78. The quantitative estimate of drug-likeness (QED) is 0.711. The number of hydrogen-bond donors (Lipinski definition) is 2. The zero-order valence-corrected chi connectivity index (χ0v) is 18.2. The third kappa shape index (κ3) is 5.96. The second-order valence-electron chi connectivity index (χ2n) is 8.17. The van der Waals surface area contributed by atoms with Crippen LogP contribution in [0.15, 0.2) is 48.5 Å². The molecule has 0 saturated carbocycles. The molecule has 1 fully saturated rings. The number of methoxy groups -OCH3 is 1. The molecule has 1 saturated heterocycles. The highest BCUT2D eigenvalue weighted by Gasteiger charge is 2.28. The SMILES string of the molecule is COc1ccc(N2CCC(NC(=O)C(NC(=O)c3ccc(F)cc3)C(C)C)CC2)cc1. The molecule has 166 valence electrons. The van der Waals surface area contributed by atoms with Gasteiger partial charge < -0.3 is 20.3 Å². The van der Waals surface area contributed by atoms with E-state index in [-0.39, 0.29) is 23.8 Å². The van der Waals surface area contributed by atoms with Gasteiger partial charge in [-0.15, -0.1) is 0 Å². The van der Waals surface area contributed by atoms with E-state index in [1.54, 1.807) is 7.11 Å². The van der Waals surface area contributed by atoms with Crippen LogP contribution in [0.5, 0.6) is 5.75 Å². The number of amides is 2. The first-order valence-corrected chi connectivity index (χ1v) is 10.6. The zero-order valence-electron chi connectivity index (χ0n) is 18.2. The highest BCUT2D eigenvalue weighted by molar-refractivity contribution is 5.97. The summed E-state index contributed by atoms with van der Waals surface area (Å²) in [5.41, 5.74) is 1.46. The van der Waals surface area contributed by atoms with E-state index in [0.717, 1.165) is 37.4 Å². The van der Waals surface area contributed by atoms with E-state index in [1.165, 1.54) is 24.3 Å². The van der Waals surface area contributed by atoms with Gasteiger partial charge in [-0.1, -0.05) is 13.8 Å². The van der Waals surface area contributed by atoms with Crippen LogP contribution in [-0.2, 0) is 4.79 Å². The van der Waals surface area contributed by atoms with E-state index >= 15 is 0 Å². The van der Waals surface area contributed by atoms with Crippen LogP contribution >= 0.6 is 0 Å². The zero-order chi connectivity index (χ0) is 22.4. The molecule has 2 amide bonds. The number of nitrogens with zero attached hydrogens (tertiary/aromatic N) is 1. The van der Waals surface area contributed by atoms with Crippen molar-refractivity contribution in [3.63, 3.8) is 0 Å². The van der Waals surface area contributed by atoms with Crippen molar-refractivity contribution in [1.82, 2.24) is 10.6 Å². The summed E-state index contributed by atoms with van der Waals surface area (Å²) in [6.45, 7) is 5.46. The Morgan fingerprint density at radius 1 is 1.03 bits per heavy atom. The molecule has 7 heteroatoms. The van der Waals surface area contributed by atoms with E-state index in [1.807, 2.05) is 38.1 Å². The van der Waals surface area contributed by atoms with Gasteiger partial charge in [0, 0.05) is 30.4 Å². The summed E-state index contributed by atoms with van der Waals surface area (Å²) in [5, 5.41) is 5.89. The van der Waals surface area contributed by atoms with Crippen molar-refractivity contribution in [2.45, 2.75) is 38.8 Å². The van der Waals surface area contributed by atoms with Crippen LogP contribution in [-0.4, -0.2) is 44.1 Å². The van der Waals surface area contributed by atoms with E-state index in [9.17, 15) is 14.0 Å². The van der Waals surface area contributed by atoms with Gasteiger partial charge >= 0.3 is 0 Å². The molecule has 0 spiro atoms. The van der Waals surface area contributed by atoms with Crippen molar-refractivity contribution in [2.24, 2.45) is 5.92 Å². The topological polar surface area (TPSA) is 70.7 Å². The molecular weight excluding hydrogens is 397 g/mol. The lowest BCUT2D eigenvalue weighted by molar-refractivity contribution is -0.124. The molecule has 6 nitrogen and oxygen atoms in total. The van der Waals surface area contributed by atoms with Gasteiger partial charge in [-0.25, -0.2) is 4.39 Å². The minimum Gasteiger partial charge on any atom is -0.497 e. The van der Waals surface area contributed by atoms with Gasteiger partial charge in [-0.2, -0.15) is 0 Å². The fraction of sp³-hybridized carbons (Fsp3) is 0.417. The largest absolute Gasteiger partial charge is 0.497 e. The number of halogens is 1. The van der Waals surface area contributed by atoms with Gasteiger partial charge in [0.1, 0.15) is 17.6 Å². The van der Waals surface area contributed by atoms with Gasteiger partial charge in [0.2, 0.25) is 5.91 Å². The summed E-state index contributed by atoms with van der Waals surface area (Å²) in [6.07, 6.45) is 1.66. The van der Waals surface area contributed by atoms with Crippen LogP contribution in [0.4, 0.5) is 10.1 Å². The molecule has 1 aliphatic rings. The van der Waals surface area contributed by atoms with Gasteiger partial charge in [0.25, 0.3) is 5.91 Å². The summed E-state index contributed by atoms with van der Waals surface area (Å²) in [5.74, 6) is -0.232. The molecule has 1 aliphatic heterocycles. The Morgan fingerprint density at radius 2 is 1.65 bits per heavy atom. The van der Waals surface area contributed by atoms with E-state index < -0.39 is 11.9 Å². The molecule has 1 unspecified atom stereocenters. The minimum atomic E-state index is -0.655. The number of piperidine rings is 1. The molecule has 0 bridgehead atoms. The van der Waals surface area contributed by atoms with Gasteiger partial charge in [-0.05, 0) is 67.3 Å². The summed E-state index contributed by atoms with van der Waals surface area (Å²) in [6, 6.07) is 12.7. The molecular formula is C24H30FN3O3. The smallest absolute Gasteiger partial charge is 0.251 e. The average molecular weight is 428 g/mol. The van der Waals surface area contributed by atoms with Gasteiger partial charge in [-0.3, -0.25) is 9.59 Å². The molecule has 3 rings (SSSR count). The first kappa shape index (κ1) is 22.6. The standard InChI is InChI=1S/C24H30FN3O3/c1-16(2)22(27-23(29)17-4-6-18(25)7-5-17)24(30)26-19-12-14-28(15-13-19)20-8-10-21(31-3)11-9-20/h4-11,16,19,22H,12-15H2,1-3H3,(H,26,30)(H,27,29). The Labute approximate surface area is 182 Å². The molecule has 2 N–H and O–H groups in total. The number of ether oxygens (including phenoxy) is 1. The number of carbonyl (C=O) groups excluding carboxylic acids is 2. The van der Waals surface area contributed by atoms with Crippen molar-refractivity contribution in [3.8, 4) is 5.75 Å². The van der Waals surface area contributed by atoms with Gasteiger partial charge in [0.15, 0.2) is 0 Å².